The minimum Gasteiger partial charge on any atom is -0.462 e. The minimum absolute atomic E-state index is 0.0211. The largest absolute Gasteiger partial charge is 0.462 e. The Hall–Kier alpha value is -2.26. The van der Waals surface area contributed by atoms with Gasteiger partial charge in [0.1, 0.15) is 18.3 Å². The Morgan fingerprint density at radius 1 is 0.451 bits per heavy atom. The van der Waals surface area contributed by atoms with Gasteiger partial charge < -0.3 is 28.4 Å². The Kier molecular flexibility index (Phi) is 15.9. The first-order valence-electron chi connectivity index (χ1n) is 33.8. The van der Waals surface area contributed by atoms with E-state index >= 15 is 0 Å². The van der Waals surface area contributed by atoms with E-state index in [1.807, 2.05) is 0 Å². The summed E-state index contributed by atoms with van der Waals surface area (Å²) in [4.78, 5) is 25.1. The Morgan fingerprint density at radius 2 is 0.890 bits per heavy atom. The average molecular weight is 1130 g/mol. The molecule has 2 aliphatic heterocycles. The number of epoxide rings is 2. The van der Waals surface area contributed by atoms with Crippen molar-refractivity contribution in [1.29, 1.82) is 0 Å². The summed E-state index contributed by atoms with van der Waals surface area (Å²) in [6.07, 6.45) is 26.1. The van der Waals surface area contributed by atoms with Gasteiger partial charge in [0.15, 0.2) is 0 Å². The van der Waals surface area contributed by atoms with Gasteiger partial charge in [-0.15, -0.1) is 0 Å². The molecule has 0 N–H and O–H groups in total. The topological polar surface area (TPSA) is 96.1 Å². The van der Waals surface area contributed by atoms with Crippen LogP contribution in [0.2, 0.25) is 0 Å². The molecule has 0 radical (unpaired) electrons. The average Bonchev–Trinajstić information content (AvgIpc) is 2.41. The Balaban J connectivity index is 0.000000172. The zero-order valence-electron chi connectivity index (χ0n) is 54.6. The first kappa shape index (κ1) is 61.4. The summed E-state index contributed by atoms with van der Waals surface area (Å²) in [5.41, 5.74) is 6.24. The van der Waals surface area contributed by atoms with Crippen LogP contribution in [0.5, 0.6) is 0 Å². The van der Waals surface area contributed by atoms with Crippen LogP contribution in [0.4, 0.5) is 0 Å². The van der Waals surface area contributed by atoms with E-state index in [4.69, 9.17) is 28.4 Å². The number of ether oxygens (including phenoxy) is 6. The molecule has 2 unspecified atom stereocenters. The summed E-state index contributed by atoms with van der Waals surface area (Å²) in [7, 11) is 0. The van der Waals surface area contributed by atoms with E-state index in [0.29, 0.717) is 116 Å². The molecule has 460 valence electrons. The molecule has 22 atom stereocenters. The normalized spacial score (nSPS) is 49.6. The van der Waals surface area contributed by atoms with Crippen LogP contribution in [0.15, 0.2) is 48.6 Å². The van der Waals surface area contributed by atoms with Crippen molar-refractivity contribution < 1.29 is 38.0 Å². The highest BCUT2D eigenvalue weighted by molar-refractivity contribution is 5.87. The maximum atomic E-state index is 12.6. The van der Waals surface area contributed by atoms with E-state index < -0.39 is 0 Å². The maximum Gasteiger partial charge on any atom is 0.333 e. The van der Waals surface area contributed by atoms with Gasteiger partial charge in [-0.3, -0.25) is 0 Å². The van der Waals surface area contributed by atoms with Crippen LogP contribution in [0.3, 0.4) is 0 Å². The second-order valence-corrected chi connectivity index (χ2v) is 34.1. The standard InChI is InChI=1S/2C37H58O4/c1-23(2)26-12-17-37(22-41-32(38)24(3)4)19-18-35(8)27(31(26)37)10-11-29-34(7)15-14-30(40-21-25-20-39-25)33(5,6)28(34)13-16-36(29,35)9;1-23(2)26-12-17-37(22-39-20-25-21-40-25)19-18-35(8)27(31(26)37)10-11-29-34(7)15-14-30(41-32(38)24(3)4)33(5,6)28(34)13-16-36(29,35)9/h2*25-31H,1,3,10-22H2,2,4-9H3/t2*25?,26-,27+,28-,29+,30-,31+,34-,35+,36+,37+/m00/s1. The van der Waals surface area contributed by atoms with Crippen molar-refractivity contribution in [3.63, 3.8) is 0 Å². The van der Waals surface area contributed by atoms with Crippen molar-refractivity contribution in [3.8, 4) is 0 Å². The number of esters is 2. The fourth-order valence-corrected chi connectivity index (χ4v) is 25.0. The van der Waals surface area contributed by atoms with Crippen LogP contribution >= 0.6 is 0 Å². The van der Waals surface area contributed by atoms with E-state index in [2.05, 4.69) is 109 Å². The molecular formula is C74H116O8. The Labute approximate surface area is 499 Å². The number of allylic oxidation sites excluding steroid dienone is 2. The van der Waals surface area contributed by atoms with Gasteiger partial charge in [0.05, 0.1) is 45.7 Å². The van der Waals surface area contributed by atoms with Crippen molar-refractivity contribution in [3.05, 3.63) is 48.6 Å². The predicted molar refractivity (Wildman–Crippen MR) is 328 cm³/mol. The number of carbonyl (C=O) groups excluding carboxylic acids is 2. The summed E-state index contributed by atoms with van der Waals surface area (Å²) in [6, 6.07) is 0. The second kappa shape index (κ2) is 21.2. The highest BCUT2D eigenvalue weighted by Crippen LogP contribution is 2.80. The summed E-state index contributed by atoms with van der Waals surface area (Å²) < 4.78 is 36.0. The lowest BCUT2D eigenvalue weighted by molar-refractivity contribution is -0.253. The smallest absolute Gasteiger partial charge is 0.333 e. The molecule has 10 saturated carbocycles. The number of carbonyl (C=O) groups is 2. The van der Waals surface area contributed by atoms with Gasteiger partial charge in [-0.25, -0.2) is 9.59 Å². The van der Waals surface area contributed by atoms with Gasteiger partial charge in [0, 0.05) is 22.0 Å². The van der Waals surface area contributed by atoms with Gasteiger partial charge in [0.2, 0.25) is 0 Å². The summed E-state index contributed by atoms with van der Waals surface area (Å²) >= 11 is 0. The fraction of sp³-hybridized carbons (Fsp3) is 0.865. The molecule has 0 spiro atoms. The third-order valence-corrected chi connectivity index (χ3v) is 29.8. The van der Waals surface area contributed by atoms with Gasteiger partial charge in [-0.2, -0.15) is 0 Å². The quantitative estimate of drug-likeness (QED) is 0.0735. The lowest BCUT2D eigenvalue weighted by Gasteiger charge is -2.73. The molecule has 0 aromatic heterocycles. The molecule has 10 aliphatic carbocycles. The highest BCUT2D eigenvalue weighted by Gasteiger charge is 2.73. The van der Waals surface area contributed by atoms with Crippen LogP contribution in [0.25, 0.3) is 0 Å². The van der Waals surface area contributed by atoms with Crippen molar-refractivity contribution in [2.75, 3.05) is 39.6 Å². The molecule has 12 rings (SSSR count). The molecule has 0 bridgehead atoms. The number of fused-ring (bicyclic) bond motifs is 14. The van der Waals surface area contributed by atoms with E-state index in [1.165, 1.54) is 120 Å². The van der Waals surface area contributed by atoms with E-state index in [9.17, 15) is 9.59 Å². The summed E-state index contributed by atoms with van der Waals surface area (Å²) in [6.45, 7) is 55.6. The van der Waals surface area contributed by atoms with E-state index in [0.717, 1.165) is 64.1 Å². The van der Waals surface area contributed by atoms with Gasteiger partial charge in [-0.05, 0) is 259 Å². The highest BCUT2D eigenvalue weighted by atomic mass is 16.6. The van der Waals surface area contributed by atoms with Crippen LogP contribution in [-0.4, -0.2) is 76.0 Å². The van der Waals surface area contributed by atoms with E-state index in [-0.39, 0.29) is 39.7 Å². The van der Waals surface area contributed by atoms with Crippen LogP contribution < -0.4 is 0 Å². The van der Waals surface area contributed by atoms with Gasteiger partial charge >= 0.3 is 11.9 Å². The molecular weight excluding hydrogens is 1020 g/mol. The summed E-state index contributed by atoms with van der Waals surface area (Å²) in [5.74, 6) is 6.12. The lowest BCUT2D eigenvalue weighted by Crippen LogP contribution is -2.67. The monoisotopic (exact) mass is 1130 g/mol. The number of rotatable bonds is 14. The number of hydrogen-bond donors (Lipinski definition) is 0. The molecule has 12 aliphatic rings. The third kappa shape index (κ3) is 9.48. The van der Waals surface area contributed by atoms with Crippen LogP contribution in [0.1, 0.15) is 225 Å². The molecule has 0 aromatic carbocycles. The fourth-order valence-electron chi connectivity index (χ4n) is 25.0. The predicted octanol–water partition coefficient (Wildman–Crippen LogP) is 17.1. The van der Waals surface area contributed by atoms with Crippen molar-refractivity contribution in [2.45, 2.75) is 250 Å². The zero-order chi connectivity index (χ0) is 59.2. The zero-order valence-corrected chi connectivity index (χ0v) is 54.6. The van der Waals surface area contributed by atoms with Gasteiger partial charge in [0.25, 0.3) is 0 Å². The minimum atomic E-state index is -0.223. The Bertz CT molecular complexity index is 2520. The molecule has 12 fully saturated rings. The number of hydrogen-bond acceptors (Lipinski definition) is 8. The Morgan fingerprint density at radius 3 is 1.34 bits per heavy atom. The first-order valence-corrected chi connectivity index (χ1v) is 33.8. The first-order chi connectivity index (χ1) is 38.4. The molecule has 0 aromatic rings. The molecule has 2 saturated heterocycles. The third-order valence-electron chi connectivity index (χ3n) is 29.8. The van der Waals surface area contributed by atoms with Gasteiger partial charge in [-0.1, -0.05) is 107 Å². The van der Waals surface area contributed by atoms with Crippen LogP contribution in [0, 0.1) is 113 Å². The molecule has 8 nitrogen and oxygen atoms in total. The van der Waals surface area contributed by atoms with Crippen molar-refractivity contribution >= 4 is 11.9 Å². The molecule has 82 heavy (non-hydrogen) atoms. The van der Waals surface area contributed by atoms with Crippen LogP contribution in [-0.2, 0) is 38.0 Å². The van der Waals surface area contributed by atoms with Crippen molar-refractivity contribution in [2.24, 2.45) is 113 Å². The molecule has 2 heterocycles. The molecule has 0 amide bonds. The van der Waals surface area contributed by atoms with E-state index in [1.54, 1.807) is 13.8 Å². The molecule has 8 heteroatoms. The summed E-state index contributed by atoms with van der Waals surface area (Å²) in [5, 5.41) is 0. The second-order valence-electron chi connectivity index (χ2n) is 34.1. The van der Waals surface area contributed by atoms with Crippen molar-refractivity contribution in [1.82, 2.24) is 0 Å². The maximum absolute atomic E-state index is 12.6. The SMILES string of the molecule is C=C(C)C(=O)OC[C@]12CC[C@@H](C(=C)C)[C@@H]1[C@H]1CC[C@@H]3[C@@]4(C)CC[C@H](OCC5CO5)C(C)(C)[C@@H]4CC[C@@]3(C)[C@]1(C)CC2.C=C(C)C(=O)O[C@H]1CC[C@]2(C)[C@H]3CC[C@@H]4[C@H]5[C@H](C(=C)C)CC[C@]5(COCC5CO5)CC[C@@]4(C)[C@]3(C)CC[C@H]2C1(C)C. The lowest BCUT2D eigenvalue weighted by atomic mass is 9.32.